The highest BCUT2D eigenvalue weighted by Gasteiger charge is 2.17. The lowest BCUT2D eigenvalue weighted by Crippen LogP contribution is -2.02. The molecule has 0 aliphatic carbocycles. The number of benzene rings is 1. The fourth-order valence-electron chi connectivity index (χ4n) is 1.60. The quantitative estimate of drug-likeness (QED) is 0.741. The van der Waals surface area contributed by atoms with Gasteiger partial charge in [0.2, 0.25) is 0 Å². The number of methoxy groups -OCH3 is 1. The third kappa shape index (κ3) is 1.86. The Morgan fingerprint density at radius 1 is 1.25 bits per heavy atom. The van der Waals surface area contributed by atoms with E-state index in [1.165, 1.54) is 7.11 Å². The summed E-state index contributed by atoms with van der Waals surface area (Å²) in [5.74, 6) is -0.266. The molecule has 1 aromatic heterocycles. The second-order valence-electron chi connectivity index (χ2n) is 3.48. The van der Waals surface area contributed by atoms with Crippen LogP contribution in [0.5, 0.6) is 0 Å². The first-order chi connectivity index (χ1) is 7.74. The zero-order valence-corrected chi connectivity index (χ0v) is 10.0. The summed E-state index contributed by atoms with van der Waals surface area (Å²) in [6.07, 6.45) is 0. The molecule has 1 heterocycles. The Hall–Kier alpha value is -1.61. The van der Waals surface area contributed by atoms with Gasteiger partial charge in [-0.15, -0.1) is 11.3 Å². The van der Waals surface area contributed by atoms with E-state index < -0.39 is 0 Å². The summed E-state index contributed by atoms with van der Waals surface area (Å²) < 4.78 is 4.81. The van der Waals surface area contributed by atoms with Gasteiger partial charge in [0.1, 0.15) is 0 Å². The van der Waals surface area contributed by atoms with E-state index in [9.17, 15) is 4.79 Å². The molecule has 0 amide bonds. The van der Waals surface area contributed by atoms with Crippen LogP contribution < -0.4 is 0 Å². The normalized spacial score (nSPS) is 10.1. The molecule has 82 valence electrons. The minimum atomic E-state index is -0.266. The first-order valence-electron chi connectivity index (χ1n) is 4.96. The minimum absolute atomic E-state index is 0.266. The van der Waals surface area contributed by atoms with E-state index in [-0.39, 0.29) is 5.97 Å². The van der Waals surface area contributed by atoms with Gasteiger partial charge in [-0.2, -0.15) is 0 Å². The molecule has 0 spiro atoms. The summed E-state index contributed by atoms with van der Waals surface area (Å²) in [5.41, 5.74) is 2.70. The first kappa shape index (κ1) is 10.9. The predicted octanol–water partition coefficient (Wildman–Crippen LogP) is 3.51. The van der Waals surface area contributed by atoms with Gasteiger partial charge < -0.3 is 4.74 Å². The van der Waals surface area contributed by atoms with E-state index in [4.69, 9.17) is 4.74 Å². The fourth-order valence-corrected chi connectivity index (χ4v) is 2.65. The monoisotopic (exact) mass is 232 g/mol. The van der Waals surface area contributed by atoms with Crippen LogP contribution in [0, 0.1) is 6.92 Å². The number of aryl methyl sites for hydroxylation is 1. The maximum atomic E-state index is 11.7. The Balaban J connectivity index is 2.55. The molecule has 2 nitrogen and oxygen atoms in total. The number of hydrogen-bond donors (Lipinski definition) is 0. The van der Waals surface area contributed by atoms with E-state index in [0.717, 1.165) is 16.0 Å². The van der Waals surface area contributed by atoms with E-state index in [0.29, 0.717) is 5.56 Å². The van der Waals surface area contributed by atoms with Crippen LogP contribution in [-0.4, -0.2) is 13.1 Å². The molecule has 1 aromatic carbocycles. The number of ether oxygens (including phenoxy) is 1. The largest absolute Gasteiger partial charge is 0.465 e. The van der Waals surface area contributed by atoms with Crippen molar-refractivity contribution < 1.29 is 9.53 Å². The van der Waals surface area contributed by atoms with Crippen LogP contribution in [0.1, 0.15) is 15.9 Å². The second-order valence-corrected chi connectivity index (χ2v) is 4.36. The van der Waals surface area contributed by atoms with Gasteiger partial charge in [0.15, 0.2) is 0 Å². The van der Waals surface area contributed by atoms with Gasteiger partial charge >= 0.3 is 5.97 Å². The summed E-state index contributed by atoms with van der Waals surface area (Å²) >= 11 is 1.57. The van der Waals surface area contributed by atoms with Crippen molar-refractivity contribution in [3.63, 3.8) is 0 Å². The molecule has 0 N–H and O–H groups in total. The summed E-state index contributed by atoms with van der Waals surface area (Å²) in [4.78, 5) is 12.7. The molecule has 0 bridgehead atoms. The topological polar surface area (TPSA) is 26.3 Å². The highest BCUT2D eigenvalue weighted by Crippen LogP contribution is 2.32. The average Bonchev–Trinajstić information content (AvgIpc) is 2.71. The molecule has 0 saturated carbocycles. The molecule has 16 heavy (non-hydrogen) atoms. The summed E-state index contributed by atoms with van der Waals surface area (Å²) in [7, 11) is 1.41. The molecule has 0 saturated heterocycles. The molecule has 0 radical (unpaired) electrons. The number of thiophene rings is 1. The maximum absolute atomic E-state index is 11.7. The summed E-state index contributed by atoms with van der Waals surface area (Å²) in [5, 5.41) is 1.98. The average molecular weight is 232 g/mol. The molecular weight excluding hydrogens is 220 g/mol. The molecule has 0 aliphatic rings. The molecule has 0 aliphatic heterocycles. The van der Waals surface area contributed by atoms with E-state index >= 15 is 0 Å². The molecular formula is C13H12O2S. The smallest absolute Gasteiger partial charge is 0.339 e. The Morgan fingerprint density at radius 3 is 2.56 bits per heavy atom. The van der Waals surface area contributed by atoms with Gasteiger partial charge in [-0.1, -0.05) is 30.3 Å². The zero-order chi connectivity index (χ0) is 11.5. The number of carbonyl (C=O) groups is 1. The Morgan fingerprint density at radius 2 is 1.94 bits per heavy atom. The molecule has 2 rings (SSSR count). The lowest BCUT2D eigenvalue weighted by Gasteiger charge is -2.03. The summed E-state index contributed by atoms with van der Waals surface area (Å²) in [6.45, 7) is 1.93. The minimum Gasteiger partial charge on any atom is -0.465 e. The summed E-state index contributed by atoms with van der Waals surface area (Å²) in [6, 6.07) is 9.88. The lowest BCUT2D eigenvalue weighted by molar-refractivity contribution is 0.0601. The first-order valence-corrected chi connectivity index (χ1v) is 5.84. The van der Waals surface area contributed by atoms with Crippen LogP contribution in [0.25, 0.3) is 10.4 Å². The van der Waals surface area contributed by atoms with Gasteiger partial charge in [-0.25, -0.2) is 4.79 Å². The number of carbonyl (C=O) groups excluding carboxylic acids is 1. The van der Waals surface area contributed by atoms with Gasteiger partial charge in [0, 0.05) is 4.88 Å². The highest BCUT2D eigenvalue weighted by molar-refractivity contribution is 7.14. The SMILES string of the molecule is COC(=O)c1c(C)csc1-c1ccccc1. The van der Waals surface area contributed by atoms with Crippen LogP contribution in [0.2, 0.25) is 0 Å². The molecule has 2 aromatic rings. The van der Waals surface area contributed by atoms with Crippen LogP contribution in [-0.2, 0) is 4.74 Å². The Kier molecular flexibility index (Phi) is 3.06. The van der Waals surface area contributed by atoms with Crippen molar-refractivity contribution in [3.8, 4) is 10.4 Å². The molecule has 0 unspecified atom stereocenters. The van der Waals surface area contributed by atoms with Crippen molar-refractivity contribution in [3.05, 3.63) is 46.8 Å². The predicted molar refractivity (Wildman–Crippen MR) is 65.8 cm³/mol. The number of esters is 1. The molecule has 0 fully saturated rings. The standard InChI is InChI=1S/C13H12O2S/c1-9-8-16-12(11(9)13(14)15-2)10-6-4-3-5-7-10/h3-8H,1-2H3. The van der Waals surface area contributed by atoms with Gasteiger partial charge in [-0.3, -0.25) is 0 Å². The van der Waals surface area contributed by atoms with Crippen LogP contribution in [0.3, 0.4) is 0 Å². The van der Waals surface area contributed by atoms with Crippen LogP contribution in [0.15, 0.2) is 35.7 Å². The van der Waals surface area contributed by atoms with Crippen molar-refractivity contribution >= 4 is 17.3 Å². The van der Waals surface area contributed by atoms with Crippen molar-refractivity contribution in [2.24, 2.45) is 0 Å². The van der Waals surface area contributed by atoms with E-state index in [1.807, 2.05) is 42.6 Å². The third-order valence-corrected chi connectivity index (χ3v) is 3.55. The van der Waals surface area contributed by atoms with Crippen molar-refractivity contribution in [2.75, 3.05) is 7.11 Å². The zero-order valence-electron chi connectivity index (χ0n) is 9.19. The maximum Gasteiger partial charge on any atom is 0.339 e. The molecule has 3 heteroatoms. The van der Waals surface area contributed by atoms with Crippen molar-refractivity contribution in [2.45, 2.75) is 6.92 Å². The van der Waals surface area contributed by atoms with Crippen LogP contribution >= 0.6 is 11.3 Å². The highest BCUT2D eigenvalue weighted by atomic mass is 32.1. The van der Waals surface area contributed by atoms with Crippen molar-refractivity contribution in [1.29, 1.82) is 0 Å². The second kappa shape index (κ2) is 4.49. The van der Waals surface area contributed by atoms with E-state index in [2.05, 4.69) is 0 Å². The van der Waals surface area contributed by atoms with E-state index in [1.54, 1.807) is 11.3 Å². The number of rotatable bonds is 2. The van der Waals surface area contributed by atoms with Crippen LogP contribution in [0.4, 0.5) is 0 Å². The van der Waals surface area contributed by atoms with Gasteiger partial charge in [0.05, 0.1) is 12.7 Å². The van der Waals surface area contributed by atoms with Gasteiger partial charge in [-0.05, 0) is 23.4 Å². The third-order valence-electron chi connectivity index (χ3n) is 2.40. The molecule has 0 atom stereocenters. The Labute approximate surface area is 98.5 Å². The fraction of sp³-hybridized carbons (Fsp3) is 0.154. The lowest BCUT2D eigenvalue weighted by atomic mass is 10.1. The van der Waals surface area contributed by atoms with Crippen molar-refractivity contribution in [1.82, 2.24) is 0 Å². The Bertz CT molecular complexity index is 500. The number of hydrogen-bond acceptors (Lipinski definition) is 3. The van der Waals surface area contributed by atoms with Gasteiger partial charge in [0.25, 0.3) is 0 Å².